The van der Waals surface area contributed by atoms with Crippen molar-refractivity contribution in [3.05, 3.63) is 121 Å². The normalized spacial score (nSPS) is 11.4. The van der Waals surface area contributed by atoms with Crippen LogP contribution >= 0.6 is 0 Å². The van der Waals surface area contributed by atoms with E-state index in [4.69, 9.17) is 14.4 Å². The van der Waals surface area contributed by atoms with Gasteiger partial charge in [0.1, 0.15) is 5.58 Å². The summed E-state index contributed by atoms with van der Waals surface area (Å²) in [6, 6.07) is 41.6. The van der Waals surface area contributed by atoms with Crippen molar-refractivity contribution in [1.82, 2.24) is 9.97 Å². The molecule has 2 aromatic heterocycles. The molecule has 0 N–H and O–H groups in total. The molecular weight excluding hydrogens is 428 g/mol. The monoisotopic (exact) mass is 448 g/mol. The number of nitrogens with zero attached hydrogens (tertiary/aromatic N) is 2. The minimum atomic E-state index is 0.601. The Bertz CT molecular complexity index is 1840. The molecule has 3 heteroatoms. The smallest absolute Gasteiger partial charge is 0.231 e. The van der Waals surface area contributed by atoms with Gasteiger partial charge in [-0.1, -0.05) is 103 Å². The molecule has 7 aromatic rings. The first-order valence-corrected chi connectivity index (χ1v) is 11.7. The highest BCUT2D eigenvalue weighted by Gasteiger charge is 2.19. The van der Waals surface area contributed by atoms with Crippen LogP contribution in [0.2, 0.25) is 0 Å². The minimum absolute atomic E-state index is 0.601. The number of benzene rings is 5. The van der Waals surface area contributed by atoms with Crippen LogP contribution in [0, 0.1) is 0 Å². The molecule has 0 saturated heterocycles. The number of fused-ring (bicyclic) bond motifs is 4. The van der Waals surface area contributed by atoms with E-state index in [1.165, 1.54) is 5.39 Å². The van der Waals surface area contributed by atoms with Crippen LogP contribution in [0.4, 0.5) is 0 Å². The van der Waals surface area contributed by atoms with Gasteiger partial charge in [0.2, 0.25) is 5.71 Å². The molecule has 0 fully saturated rings. The minimum Gasteiger partial charge on any atom is -0.438 e. The zero-order chi connectivity index (χ0) is 23.2. The largest absolute Gasteiger partial charge is 0.438 e. The Balaban J connectivity index is 1.51. The lowest BCUT2D eigenvalue weighted by Crippen LogP contribution is -1.94. The van der Waals surface area contributed by atoms with Crippen molar-refractivity contribution in [2.75, 3.05) is 0 Å². The van der Waals surface area contributed by atoms with Gasteiger partial charge in [-0.3, -0.25) is 0 Å². The second kappa shape index (κ2) is 7.93. The van der Waals surface area contributed by atoms with Crippen molar-refractivity contribution in [2.24, 2.45) is 0 Å². The lowest BCUT2D eigenvalue weighted by atomic mass is 10.0. The van der Waals surface area contributed by atoms with Crippen molar-refractivity contribution in [3.8, 4) is 33.8 Å². The van der Waals surface area contributed by atoms with Crippen LogP contribution < -0.4 is 0 Å². The summed E-state index contributed by atoms with van der Waals surface area (Å²) >= 11 is 0. The van der Waals surface area contributed by atoms with E-state index in [0.29, 0.717) is 11.5 Å². The second-order valence-electron chi connectivity index (χ2n) is 8.69. The maximum atomic E-state index is 6.35. The molecule has 0 atom stereocenters. The molecule has 7 rings (SSSR count). The molecule has 0 aliphatic heterocycles. The lowest BCUT2D eigenvalue weighted by molar-refractivity contribution is 0.654. The molecule has 2 heterocycles. The Morgan fingerprint density at radius 3 is 1.89 bits per heavy atom. The second-order valence-corrected chi connectivity index (χ2v) is 8.69. The number of rotatable bonds is 3. The average molecular weight is 449 g/mol. The zero-order valence-electron chi connectivity index (χ0n) is 18.8. The molecule has 0 aliphatic rings. The number of aromatic nitrogens is 2. The predicted molar refractivity (Wildman–Crippen MR) is 143 cm³/mol. The molecule has 35 heavy (non-hydrogen) atoms. The van der Waals surface area contributed by atoms with Crippen LogP contribution in [0.1, 0.15) is 0 Å². The quantitative estimate of drug-likeness (QED) is 0.272. The van der Waals surface area contributed by atoms with Gasteiger partial charge in [0, 0.05) is 16.5 Å². The Hall–Kier alpha value is -4.76. The molecule has 164 valence electrons. The maximum absolute atomic E-state index is 6.35. The highest BCUT2D eigenvalue weighted by molar-refractivity contribution is 6.14. The molecule has 0 bridgehead atoms. The van der Waals surface area contributed by atoms with Gasteiger partial charge < -0.3 is 4.42 Å². The first-order valence-electron chi connectivity index (χ1n) is 11.7. The Morgan fingerprint density at radius 1 is 0.486 bits per heavy atom. The van der Waals surface area contributed by atoms with E-state index < -0.39 is 0 Å². The molecule has 0 radical (unpaired) electrons. The van der Waals surface area contributed by atoms with Crippen LogP contribution in [0.15, 0.2) is 126 Å². The molecule has 0 saturated carbocycles. The van der Waals surface area contributed by atoms with Crippen molar-refractivity contribution < 1.29 is 4.42 Å². The fourth-order valence-electron chi connectivity index (χ4n) is 4.76. The van der Waals surface area contributed by atoms with Crippen LogP contribution in [-0.4, -0.2) is 9.97 Å². The highest BCUT2D eigenvalue weighted by Crippen LogP contribution is 2.38. The van der Waals surface area contributed by atoms with Crippen molar-refractivity contribution >= 4 is 32.8 Å². The van der Waals surface area contributed by atoms with Gasteiger partial charge in [-0.25, -0.2) is 4.98 Å². The molecule has 0 amide bonds. The van der Waals surface area contributed by atoms with E-state index in [1.54, 1.807) is 0 Å². The van der Waals surface area contributed by atoms with E-state index in [0.717, 1.165) is 49.7 Å². The summed E-state index contributed by atoms with van der Waals surface area (Å²) in [5.74, 6) is 0.651. The first-order chi connectivity index (χ1) is 17.3. The summed E-state index contributed by atoms with van der Waals surface area (Å²) in [5, 5.41) is 4.28. The molecular formula is C32H20N2O. The van der Waals surface area contributed by atoms with E-state index in [2.05, 4.69) is 91.0 Å². The topological polar surface area (TPSA) is 38.9 Å². The van der Waals surface area contributed by atoms with Gasteiger partial charge >= 0.3 is 0 Å². The van der Waals surface area contributed by atoms with Crippen LogP contribution in [0.5, 0.6) is 0 Å². The summed E-state index contributed by atoms with van der Waals surface area (Å²) in [6.07, 6.45) is 0. The van der Waals surface area contributed by atoms with Crippen molar-refractivity contribution in [3.63, 3.8) is 0 Å². The fourth-order valence-corrected chi connectivity index (χ4v) is 4.76. The third kappa shape index (κ3) is 3.37. The van der Waals surface area contributed by atoms with Crippen LogP contribution in [-0.2, 0) is 0 Å². The Kier molecular flexibility index (Phi) is 4.46. The van der Waals surface area contributed by atoms with Gasteiger partial charge in [0.15, 0.2) is 5.82 Å². The molecule has 5 aromatic carbocycles. The van der Waals surface area contributed by atoms with Gasteiger partial charge in [0.05, 0.1) is 11.1 Å². The highest BCUT2D eigenvalue weighted by atomic mass is 16.3. The molecule has 0 unspecified atom stereocenters. The summed E-state index contributed by atoms with van der Waals surface area (Å²) in [5.41, 5.74) is 6.58. The summed E-state index contributed by atoms with van der Waals surface area (Å²) in [6.45, 7) is 0. The number of hydrogen-bond acceptors (Lipinski definition) is 3. The Labute approximate surface area is 202 Å². The fraction of sp³-hybridized carbons (Fsp3) is 0. The zero-order valence-corrected chi connectivity index (χ0v) is 18.8. The van der Waals surface area contributed by atoms with Gasteiger partial charge in [-0.15, -0.1) is 0 Å². The first kappa shape index (κ1) is 19.7. The van der Waals surface area contributed by atoms with Crippen LogP contribution in [0.3, 0.4) is 0 Å². The molecule has 3 nitrogen and oxygen atoms in total. The van der Waals surface area contributed by atoms with Gasteiger partial charge in [-0.05, 0) is 40.1 Å². The average Bonchev–Trinajstić information content (AvgIpc) is 3.29. The predicted octanol–water partition coefficient (Wildman–Crippen LogP) is 8.53. The van der Waals surface area contributed by atoms with E-state index in [1.807, 2.05) is 30.3 Å². The number of furan rings is 1. The van der Waals surface area contributed by atoms with Crippen molar-refractivity contribution in [1.29, 1.82) is 0 Å². The summed E-state index contributed by atoms with van der Waals surface area (Å²) < 4.78 is 6.35. The number of hydrogen-bond donors (Lipinski definition) is 0. The van der Waals surface area contributed by atoms with E-state index in [-0.39, 0.29) is 0 Å². The third-order valence-corrected chi connectivity index (χ3v) is 6.47. The van der Waals surface area contributed by atoms with Crippen LogP contribution in [0.25, 0.3) is 66.6 Å². The third-order valence-electron chi connectivity index (χ3n) is 6.47. The Morgan fingerprint density at radius 2 is 1.11 bits per heavy atom. The van der Waals surface area contributed by atoms with E-state index >= 15 is 0 Å². The lowest BCUT2D eigenvalue weighted by Gasteiger charge is -2.08. The molecule has 0 aliphatic carbocycles. The van der Waals surface area contributed by atoms with Crippen molar-refractivity contribution in [2.45, 2.75) is 0 Å². The molecule has 0 spiro atoms. The summed E-state index contributed by atoms with van der Waals surface area (Å²) in [4.78, 5) is 10.0. The standard InChI is InChI=1S/C32H20N2O/c1-3-10-21(11-4-1)23-16-9-17-26(18-23)31-33-30(22-12-5-2-6-13-22)29-27-19-24-14-7-8-15-25(24)20-28(27)35-32(29)34-31/h1-20H. The van der Waals surface area contributed by atoms with Gasteiger partial charge in [0.25, 0.3) is 0 Å². The summed E-state index contributed by atoms with van der Waals surface area (Å²) in [7, 11) is 0. The van der Waals surface area contributed by atoms with E-state index in [9.17, 15) is 0 Å². The maximum Gasteiger partial charge on any atom is 0.231 e. The van der Waals surface area contributed by atoms with Gasteiger partial charge in [-0.2, -0.15) is 4.98 Å². The SMILES string of the molecule is c1ccc(-c2cccc(-c3nc(-c4ccccc4)c4c(n3)oc3cc5ccccc5cc34)c2)cc1.